The monoisotopic (exact) mass is 268 g/mol. The molecule has 19 heavy (non-hydrogen) atoms. The SMILES string of the molecule is CCNC(C)c1ccc(OCCC(=O)NC)cc1F. The highest BCUT2D eigenvalue weighted by Gasteiger charge is 2.10. The number of carbonyl (C=O) groups excluding carboxylic acids is 1. The van der Waals surface area contributed by atoms with Crippen LogP contribution in [-0.4, -0.2) is 26.1 Å². The third kappa shape index (κ3) is 4.87. The molecule has 0 saturated heterocycles. The first kappa shape index (κ1) is 15.4. The number of hydrogen-bond donors (Lipinski definition) is 2. The van der Waals surface area contributed by atoms with E-state index < -0.39 is 0 Å². The van der Waals surface area contributed by atoms with Crippen LogP contribution in [0.4, 0.5) is 4.39 Å². The van der Waals surface area contributed by atoms with E-state index in [0.717, 1.165) is 6.54 Å². The van der Waals surface area contributed by atoms with Gasteiger partial charge < -0.3 is 15.4 Å². The van der Waals surface area contributed by atoms with Gasteiger partial charge >= 0.3 is 0 Å². The van der Waals surface area contributed by atoms with Crippen LogP contribution in [0, 0.1) is 5.82 Å². The first-order valence-electron chi connectivity index (χ1n) is 6.44. The van der Waals surface area contributed by atoms with Crippen LogP contribution < -0.4 is 15.4 Å². The Labute approximate surface area is 113 Å². The van der Waals surface area contributed by atoms with Gasteiger partial charge in [0, 0.05) is 24.7 Å². The number of benzene rings is 1. The maximum atomic E-state index is 13.9. The molecule has 1 aromatic rings. The normalized spacial score (nSPS) is 12.0. The van der Waals surface area contributed by atoms with E-state index in [0.29, 0.717) is 11.3 Å². The highest BCUT2D eigenvalue weighted by molar-refractivity contribution is 5.75. The molecular weight excluding hydrogens is 247 g/mol. The standard InChI is InChI=1S/C14H21FN2O2/c1-4-17-10(2)12-6-5-11(9-13(12)15)19-8-7-14(18)16-3/h5-6,9-10,17H,4,7-8H2,1-3H3,(H,16,18). The van der Waals surface area contributed by atoms with Gasteiger partial charge in [0.25, 0.3) is 0 Å². The Morgan fingerprint density at radius 3 is 2.79 bits per heavy atom. The molecule has 0 spiro atoms. The Bertz CT molecular complexity index is 424. The zero-order valence-corrected chi connectivity index (χ0v) is 11.6. The average molecular weight is 268 g/mol. The molecule has 0 aliphatic rings. The summed E-state index contributed by atoms with van der Waals surface area (Å²) < 4.78 is 19.2. The predicted octanol–water partition coefficient (Wildman–Crippen LogP) is 2.01. The summed E-state index contributed by atoms with van der Waals surface area (Å²) in [7, 11) is 1.57. The number of amides is 1. The molecule has 0 aromatic heterocycles. The van der Waals surface area contributed by atoms with Gasteiger partial charge in [-0.2, -0.15) is 0 Å². The van der Waals surface area contributed by atoms with Crippen LogP contribution in [0.1, 0.15) is 31.9 Å². The lowest BCUT2D eigenvalue weighted by molar-refractivity contribution is -0.121. The van der Waals surface area contributed by atoms with Crippen LogP contribution in [0.3, 0.4) is 0 Å². The number of ether oxygens (including phenoxy) is 1. The molecule has 0 heterocycles. The molecule has 2 N–H and O–H groups in total. The summed E-state index contributed by atoms with van der Waals surface area (Å²) in [4.78, 5) is 11.0. The maximum Gasteiger partial charge on any atom is 0.223 e. The second-order valence-electron chi connectivity index (χ2n) is 4.23. The second kappa shape index (κ2) is 7.74. The minimum Gasteiger partial charge on any atom is -0.493 e. The largest absolute Gasteiger partial charge is 0.493 e. The van der Waals surface area contributed by atoms with Crippen LogP contribution in [0.15, 0.2) is 18.2 Å². The summed E-state index contributed by atoms with van der Waals surface area (Å²) in [6.07, 6.45) is 0.258. The molecule has 0 saturated carbocycles. The Hall–Kier alpha value is -1.62. The highest BCUT2D eigenvalue weighted by atomic mass is 19.1. The van der Waals surface area contributed by atoms with Gasteiger partial charge in [-0.25, -0.2) is 4.39 Å². The summed E-state index contributed by atoms with van der Waals surface area (Å²) in [6.45, 7) is 4.91. The van der Waals surface area contributed by atoms with Crippen molar-refractivity contribution in [3.05, 3.63) is 29.6 Å². The molecule has 0 fully saturated rings. The number of rotatable bonds is 7. The van der Waals surface area contributed by atoms with Crippen molar-refractivity contribution in [2.45, 2.75) is 26.3 Å². The number of halogens is 1. The molecule has 1 atom stereocenters. The topological polar surface area (TPSA) is 50.4 Å². The number of carbonyl (C=O) groups is 1. The molecular formula is C14H21FN2O2. The van der Waals surface area contributed by atoms with Crippen molar-refractivity contribution in [3.63, 3.8) is 0 Å². The fraction of sp³-hybridized carbons (Fsp3) is 0.500. The fourth-order valence-corrected chi connectivity index (χ4v) is 1.75. The predicted molar refractivity (Wildman–Crippen MR) is 72.7 cm³/mol. The highest BCUT2D eigenvalue weighted by Crippen LogP contribution is 2.21. The lowest BCUT2D eigenvalue weighted by Gasteiger charge is -2.14. The Kier molecular flexibility index (Phi) is 6.29. The fourth-order valence-electron chi connectivity index (χ4n) is 1.75. The van der Waals surface area contributed by atoms with Crippen LogP contribution in [0.5, 0.6) is 5.75 Å². The van der Waals surface area contributed by atoms with E-state index >= 15 is 0 Å². The van der Waals surface area contributed by atoms with Crippen LogP contribution >= 0.6 is 0 Å². The molecule has 106 valence electrons. The molecule has 0 bridgehead atoms. The molecule has 0 aliphatic carbocycles. The lowest BCUT2D eigenvalue weighted by atomic mass is 10.1. The van der Waals surface area contributed by atoms with E-state index in [1.165, 1.54) is 6.07 Å². The maximum absolute atomic E-state index is 13.9. The first-order chi connectivity index (χ1) is 9.08. The van der Waals surface area contributed by atoms with Crippen LogP contribution in [0.2, 0.25) is 0 Å². The molecule has 1 aromatic carbocycles. The van der Waals surface area contributed by atoms with Crippen LogP contribution in [-0.2, 0) is 4.79 Å². The van der Waals surface area contributed by atoms with Crippen molar-refractivity contribution < 1.29 is 13.9 Å². The molecule has 1 amide bonds. The van der Waals surface area contributed by atoms with Crippen molar-refractivity contribution in [3.8, 4) is 5.75 Å². The van der Waals surface area contributed by atoms with Gasteiger partial charge in [-0.05, 0) is 19.5 Å². The van der Waals surface area contributed by atoms with Gasteiger partial charge in [-0.3, -0.25) is 4.79 Å². The van der Waals surface area contributed by atoms with Gasteiger partial charge in [0.1, 0.15) is 11.6 Å². The first-order valence-corrected chi connectivity index (χ1v) is 6.44. The summed E-state index contributed by atoms with van der Waals surface area (Å²) in [5.41, 5.74) is 0.612. The quantitative estimate of drug-likeness (QED) is 0.795. The Balaban J connectivity index is 2.59. The number of nitrogens with one attached hydrogen (secondary N) is 2. The van der Waals surface area contributed by atoms with Crippen molar-refractivity contribution in [2.75, 3.05) is 20.2 Å². The van der Waals surface area contributed by atoms with Gasteiger partial charge in [-0.15, -0.1) is 0 Å². The van der Waals surface area contributed by atoms with Gasteiger partial charge in [0.2, 0.25) is 5.91 Å². The summed E-state index contributed by atoms with van der Waals surface area (Å²) in [5, 5.41) is 5.65. The van der Waals surface area contributed by atoms with E-state index in [1.807, 2.05) is 13.8 Å². The molecule has 4 nitrogen and oxygen atoms in total. The third-order valence-electron chi connectivity index (χ3n) is 2.83. The minimum atomic E-state index is -0.300. The molecule has 1 unspecified atom stereocenters. The van der Waals surface area contributed by atoms with E-state index in [4.69, 9.17) is 4.74 Å². The molecule has 1 rings (SSSR count). The van der Waals surface area contributed by atoms with Crippen molar-refractivity contribution in [2.24, 2.45) is 0 Å². The Morgan fingerprint density at radius 1 is 1.47 bits per heavy atom. The summed E-state index contributed by atoms with van der Waals surface area (Å²) in [6, 6.07) is 4.74. The minimum absolute atomic E-state index is 0.0371. The third-order valence-corrected chi connectivity index (χ3v) is 2.83. The van der Waals surface area contributed by atoms with Gasteiger partial charge in [0.05, 0.1) is 13.0 Å². The zero-order valence-electron chi connectivity index (χ0n) is 11.6. The zero-order chi connectivity index (χ0) is 14.3. The Morgan fingerprint density at radius 2 is 2.21 bits per heavy atom. The van der Waals surface area contributed by atoms with Crippen LogP contribution in [0.25, 0.3) is 0 Å². The van der Waals surface area contributed by atoms with E-state index in [9.17, 15) is 9.18 Å². The summed E-state index contributed by atoms with van der Waals surface area (Å²) in [5.74, 6) is 0.0394. The lowest BCUT2D eigenvalue weighted by Crippen LogP contribution is -2.20. The van der Waals surface area contributed by atoms with Crippen molar-refractivity contribution in [1.82, 2.24) is 10.6 Å². The second-order valence-corrected chi connectivity index (χ2v) is 4.23. The number of hydrogen-bond acceptors (Lipinski definition) is 3. The average Bonchev–Trinajstić information content (AvgIpc) is 2.38. The molecule has 5 heteroatoms. The molecule has 0 radical (unpaired) electrons. The van der Waals surface area contributed by atoms with E-state index in [-0.39, 0.29) is 30.8 Å². The smallest absolute Gasteiger partial charge is 0.223 e. The van der Waals surface area contributed by atoms with Crippen molar-refractivity contribution >= 4 is 5.91 Å². The van der Waals surface area contributed by atoms with Crippen molar-refractivity contribution in [1.29, 1.82) is 0 Å². The summed E-state index contributed by atoms with van der Waals surface area (Å²) >= 11 is 0. The molecule has 0 aliphatic heterocycles. The van der Waals surface area contributed by atoms with E-state index in [2.05, 4.69) is 10.6 Å². The van der Waals surface area contributed by atoms with E-state index in [1.54, 1.807) is 19.2 Å². The van der Waals surface area contributed by atoms with Gasteiger partial charge in [-0.1, -0.05) is 13.0 Å². The van der Waals surface area contributed by atoms with Gasteiger partial charge in [0.15, 0.2) is 0 Å².